The van der Waals surface area contributed by atoms with E-state index in [1.807, 2.05) is 0 Å². The van der Waals surface area contributed by atoms with Crippen LogP contribution >= 0.6 is 15.9 Å². The maximum absolute atomic E-state index is 13.5. The smallest absolute Gasteiger partial charge is 0.126 e. The number of nitrogens with two attached hydrogens (primary N) is 1. The van der Waals surface area contributed by atoms with Crippen LogP contribution in [0.15, 0.2) is 40.9 Å². The number of hydrogen-bond acceptors (Lipinski definition) is 1. The Balaban J connectivity index is 2.25. The Kier molecular flexibility index (Phi) is 4.27. The van der Waals surface area contributed by atoms with Crippen LogP contribution in [0.1, 0.15) is 17.2 Å². The van der Waals surface area contributed by atoms with Crippen LogP contribution in [0.4, 0.5) is 13.2 Å². The Bertz CT molecular complexity index is 601. The minimum Gasteiger partial charge on any atom is -0.324 e. The zero-order valence-electron chi connectivity index (χ0n) is 9.84. The van der Waals surface area contributed by atoms with E-state index in [1.165, 1.54) is 18.2 Å². The van der Waals surface area contributed by atoms with Gasteiger partial charge in [-0.2, -0.15) is 0 Å². The van der Waals surface area contributed by atoms with E-state index in [-0.39, 0.29) is 17.8 Å². The summed E-state index contributed by atoms with van der Waals surface area (Å²) in [6.45, 7) is 0. The molecule has 0 heterocycles. The second kappa shape index (κ2) is 5.75. The van der Waals surface area contributed by atoms with Crippen molar-refractivity contribution in [1.82, 2.24) is 0 Å². The van der Waals surface area contributed by atoms with Gasteiger partial charge in [-0.25, -0.2) is 13.2 Å². The molecule has 1 atom stereocenters. The van der Waals surface area contributed by atoms with Crippen LogP contribution in [0.5, 0.6) is 0 Å². The Morgan fingerprint density at radius 1 is 1.00 bits per heavy atom. The third kappa shape index (κ3) is 3.36. The third-order valence-corrected chi connectivity index (χ3v) is 3.50. The first-order valence-electron chi connectivity index (χ1n) is 5.62. The lowest BCUT2D eigenvalue weighted by Gasteiger charge is -2.14. The zero-order chi connectivity index (χ0) is 14.0. The fourth-order valence-corrected chi connectivity index (χ4v) is 2.49. The van der Waals surface area contributed by atoms with E-state index in [0.717, 1.165) is 18.2 Å². The topological polar surface area (TPSA) is 26.0 Å². The molecule has 19 heavy (non-hydrogen) atoms. The summed E-state index contributed by atoms with van der Waals surface area (Å²) in [5.74, 6) is -1.41. The van der Waals surface area contributed by atoms with Gasteiger partial charge in [-0.05, 0) is 47.9 Å². The van der Waals surface area contributed by atoms with E-state index in [2.05, 4.69) is 15.9 Å². The molecule has 0 saturated heterocycles. The average molecular weight is 330 g/mol. The summed E-state index contributed by atoms with van der Waals surface area (Å²) >= 11 is 3.21. The van der Waals surface area contributed by atoms with Gasteiger partial charge in [0.1, 0.15) is 17.5 Å². The van der Waals surface area contributed by atoms with Crippen molar-refractivity contribution in [2.75, 3.05) is 0 Å². The van der Waals surface area contributed by atoms with Gasteiger partial charge >= 0.3 is 0 Å². The van der Waals surface area contributed by atoms with Gasteiger partial charge in [0, 0.05) is 10.5 Å². The molecule has 100 valence electrons. The number of hydrogen-bond donors (Lipinski definition) is 1. The van der Waals surface area contributed by atoms with Crippen molar-refractivity contribution in [2.24, 2.45) is 5.73 Å². The molecule has 2 N–H and O–H groups in total. The van der Waals surface area contributed by atoms with E-state index >= 15 is 0 Å². The first-order chi connectivity index (χ1) is 8.97. The van der Waals surface area contributed by atoms with Gasteiger partial charge in [0.2, 0.25) is 0 Å². The van der Waals surface area contributed by atoms with Crippen LogP contribution in [0.25, 0.3) is 0 Å². The van der Waals surface area contributed by atoms with E-state index in [0.29, 0.717) is 10.0 Å². The van der Waals surface area contributed by atoms with Crippen molar-refractivity contribution in [3.05, 3.63) is 69.4 Å². The summed E-state index contributed by atoms with van der Waals surface area (Å²) < 4.78 is 40.1. The first-order valence-corrected chi connectivity index (χ1v) is 6.41. The summed E-state index contributed by atoms with van der Waals surface area (Å²) in [7, 11) is 0. The molecule has 0 radical (unpaired) electrons. The lowest BCUT2D eigenvalue weighted by atomic mass is 9.99. The van der Waals surface area contributed by atoms with E-state index in [1.54, 1.807) is 0 Å². The number of benzene rings is 2. The van der Waals surface area contributed by atoms with Crippen molar-refractivity contribution in [2.45, 2.75) is 12.5 Å². The maximum Gasteiger partial charge on any atom is 0.126 e. The lowest BCUT2D eigenvalue weighted by molar-refractivity contribution is 0.571. The molecule has 2 rings (SSSR count). The first kappa shape index (κ1) is 14.1. The van der Waals surface area contributed by atoms with Crippen LogP contribution in [-0.4, -0.2) is 0 Å². The van der Waals surface area contributed by atoms with Crippen molar-refractivity contribution in [3.8, 4) is 0 Å². The van der Waals surface area contributed by atoms with E-state index in [9.17, 15) is 13.2 Å². The van der Waals surface area contributed by atoms with Crippen LogP contribution in [-0.2, 0) is 6.42 Å². The Labute approximate surface area is 117 Å². The average Bonchev–Trinajstić information content (AvgIpc) is 2.33. The molecule has 2 aromatic carbocycles. The molecule has 0 amide bonds. The molecule has 0 fully saturated rings. The molecular formula is C14H11BrF3N. The summed E-state index contributed by atoms with van der Waals surface area (Å²) in [5, 5.41) is 0. The number of rotatable bonds is 3. The van der Waals surface area contributed by atoms with Crippen molar-refractivity contribution in [1.29, 1.82) is 0 Å². The predicted molar refractivity (Wildman–Crippen MR) is 71.1 cm³/mol. The Hall–Kier alpha value is -1.33. The molecule has 0 aliphatic heterocycles. The van der Waals surface area contributed by atoms with Crippen LogP contribution in [0.2, 0.25) is 0 Å². The highest BCUT2D eigenvalue weighted by molar-refractivity contribution is 9.10. The fraction of sp³-hybridized carbons (Fsp3) is 0.143. The van der Waals surface area contributed by atoms with E-state index in [4.69, 9.17) is 5.73 Å². The molecular weight excluding hydrogens is 319 g/mol. The molecule has 0 aliphatic rings. The van der Waals surface area contributed by atoms with Crippen molar-refractivity contribution < 1.29 is 13.2 Å². The molecule has 0 aliphatic carbocycles. The maximum atomic E-state index is 13.5. The summed E-state index contributed by atoms with van der Waals surface area (Å²) in [6, 6.07) is 6.79. The van der Waals surface area contributed by atoms with Gasteiger partial charge in [0.25, 0.3) is 0 Å². The summed E-state index contributed by atoms with van der Waals surface area (Å²) in [4.78, 5) is 0. The number of halogens is 4. The summed E-state index contributed by atoms with van der Waals surface area (Å²) in [5.41, 5.74) is 6.80. The van der Waals surface area contributed by atoms with Gasteiger partial charge in [-0.1, -0.05) is 22.0 Å². The normalized spacial score (nSPS) is 12.5. The highest BCUT2D eigenvalue weighted by Crippen LogP contribution is 2.26. The molecule has 1 nitrogen and oxygen atoms in total. The zero-order valence-corrected chi connectivity index (χ0v) is 11.4. The van der Waals surface area contributed by atoms with Gasteiger partial charge in [0.15, 0.2) is 0 Å². The second-order valence-corrected chi connectivity index (χ2v) is 5.07. The minimum absolute atomic E-state index is 0.133. The Morgan fingerprint density at radius 2 is 1.63 bits per heavy atom. The molecule has 1 unspecified atom stereocenters. The van der Waals surface area contributed by atoms with Crippen LogP contribution < -0.4 is 5.73 Å². The van der Waals surface area contributed by atoms with Gasteiger partial charge < -0.3 is 5.73 Å². The largest absolute Gasteiger partial charge is 0.324 e. The molecule has 0 spiro atoms. The van der Waals surface area contributed by atoms with E-state index < -0.39 is 17.7 Å². The molecule has 5 heteroatoms. The highest BCUT2D eigenvalue weighted by atomic mass is 79.9. The Morgan fingerprint density at radius 3 is 2.32 bits per heavy atom. The van der Waals surface area contributed by atoms with Crippen molar-refractivity contribution in [3.63, 3.8) is 0 Å². The predicted octanol–water partition coefficient (Wildman–Crippen LogP) is 4.11. The SMILES string of the molecule is NC(Cc1cc(F)ccc1F)c1ccc(F)cc1Br. The van der Waals surface area contributed by atoms with Crippen LogP contribution in [0.3, 0.4) is 0 Å². The standard InChI is InChI=1S/C14H11BrF3N/c15-12-7-10(17)1-3-11(12)14(19)6-8-5-9(16)2-4-13(8)18/h1-5,7,14H,6,19H2. The summed E-state index contributed by atoms with van der Waals surface area (Å²) in [6.07, 6.45) is 0.133. The van der Waals surface area contributed by atoms with Crippen LogP contribution in [0, 0.1) is 17.5 Å². The minimum atomic E-state index is -0.550. The monoisotopic (exact) mass is 329 g/mol. The molecule has 0 bridgehead atoms. The fourth-order valence-electron chi connectivity index (χ4n) is 1.85. The van der Waals surface area contributed by atoms with Gasteiger partial charge in [-0.15, -0.1) is 0 Å². The van der Waals surface area contributed by atoms with Crippen molar-refractivity contribution >= 4 is 15.9 Å². The molecule has 0 saturated carbocycles. The molecule has 2 aromatic rings. The second-order valence-electron chi connectivity index (χ2n) is 4.21. The van der Waals surface area contributed by atoms with Gasteiger partial charge in [-0.3, -0.25) is 0 Å². The van der Waals surface area contributed by atoms with Gasteiger partial charge in [0.05, 0.1) is 0 Å². The molecule has 0 aromatic heterocycles. The quantitative estimate of drug-likeness (QED) is 0.901. The lowest BCUT2D eigenvalue weighted by Crippen LogP contribution is -2.15. The highest BCUT2D eigenvalue weighted by Gasteiger charge is 2.14. The third-order valence-electron chi connectivity index (χ3n) is 2.81.